The fraction of sp³-hybridized carbons (Fsp3) is 0.300. The monoisotopic (exact) mass is 231 g/mol. The second-order valence-electron chi connectivity index (χ2n) is 3.09. The molecule has 0 heterocycles. The number of hydrogen-bond donors (Lipinski definition) is 1. The maximum atomic E-state index is 13.4. The van der Waals surface area contributed by atoms with Crippen molar-refractivity contribution in [2.24, 2.45) is 5.73 Å². The molecular weight excluding hydrogens is 221 g/mol. The molecule has 0 bridgehead atoms. The van der Waals surface area contributed by atoms with Crippen molar-refractivity contribution in [1.29, 1.82) is 0 Å². The van der Waals surface area contributed by atoms with Crippen LogP contribution >= 0.6 is 11.6 Å². The van der Waals surface area contributed by atoms with Crippen molar-refractivity contribution >= 4 is 17.4 Å². The Labute approximate surface area is 92.0 Å². The van der Waals surface area contributed by atoms with Crippen molar-refractivity contribution in [3.63, 3.8) is 0 Å². The van der Waals surface area contributed by atoms with Crippen molar-refractivity contribution in [3.05, 3.63) is 28.5 Å². The zero-order valence-corrected chi connectivity index (χ0v) is 9.14. The Morgan fingerprint density at radius 3 is 2.67 bits per heavy atom. The Morgan fingerprint density at radius 2 is 2.20 bits per heavy atom. The van der Waals surface area contributed by atoms with Crippen LogP contribution in [0.5, 0.6) is 5.75 Å². The quantitative estimate of drug-likeness (QED) is 0.810. The van der Waals surface area contributed by atoms with Crippen LogP contribution in [-0.2, 0) is 0 Å². The van der Waals surface area contributed by atoms with E-state index in [9.17, 15) is 9.18 Å². The lowest BCUT2D eigenvalue weighted by atomic mass is 10.0. The highest BCUT2D eigenvalue weighted by molar-refractivity contribution is 6.35. The lowest BCUT2D eigenvalue weighted by Crippen LogP contribution is -2.27. The van der Waals surface area contributed by atoms with Crippen molar-refractivity contribution in [2.75, 3.05) is 7.11 Å². The number of nitrogens with two attached hydrogens (primary N) is 1. The molecule has 0 fully saturated rings. The zero-order valence-electron chi connectivity index (χ0n) is 8.38. The van der Waals surface area contributed by atoms with Gasteiger partial charge in [0.1, 0.15) is 11.6 Å². The average Bonchev–Trinajstić information content (AvgIpc) is 2.17. The Kier molecular flexibility index (Phi) is 3.66. The number of ether oxygens (including phenoxy) is 1. The van der Waals surface area contributed by atoms with Crippen LogP contribution in [0.2, 0.25) is 5.02 Å². The molecule has 3 nitrogen and oxygen atoms in total. The first-order valence-corrected chi connectivity index (χ1v) is 4.68. The maximum Gasteiger partial charge on any atom is 0.183 e. The number of benzene rings is 1. The van der Waals surface area contributed by atoms with Gasteiger partial charge in [0.2, 0.25) is 0 Å². The lowest BCUT2D eigenvalue weighted by Gasteiger charge is -2.10. The van der Waals surface area contributed by atoms with Crippen LogP contribution in [0.4, 0.5) is 4.39 Å². The molecule has 0 saturated carbocycles. The largest absolute Gasteiger partial charge is 0.495 e. The van der Waals surface area contributed by atoms with Gasteiger partial charge in [0, 0.05) is 0 Å². The number of Topliss-reactive ketones (excluding diaryl/α,β-unsaturated/α-hetero) is 1. The summed E-state index contributed by atoms with van der Waals surface area (Å²) in [5.41, 5.74) is 5.16. The van der Waals surface area contributed by atoms with Gasteiger partial charge < -0.3 is 10.5 Å². The van der Waals surface area contributed by atoms with E-state index in [2.05, 4.69) is 0 Å². The molecule has 0 aliphatic heterocycles. The molecule has 1 aromatic rings. The molecule has 1 unspecified atom stereocenters. The molecule has 1 rings (SSSR count). The summed E-state index contributed by atoms with van der Waals surface area (Å²) in [7, 11) is 1.39. The predicted molar refractivity (Wildman–Crippen MR) is 55.9 cm³/mol. The van der Waals surface area contributed by atoms with E-state index < -0.39 is 17.6 Å². The Balaban J connectivity index is 3.33. The SMILES string of the molecule is COc1ccc(F)c(C(=O)C(C)N)c1Cl. The minimum absolute atomic E-state index is 0.0419. The van der Waals surface area contributed by atoms with E-state index in [0.717, 1.165) is 6.07 Å². The minimum atomic E-state index is -0.802. The van der Waals surface area contributed by atoms with E-state index in [0.29, 0.717) is 0 Å². The predicted octanol–water partition coefficient (Wildman–Crippen LogP) is 2.02. The highest BCUT2D eigenvalue weighted by Gasteiger charge is 2.21. The molecule has 0 aliphatic rings. The first kappa shape index (κ1) is 11.9. The molecule has 0 radical (unpaired) electrons. The van der Waals surface area contributed by atoms with Crippen LogP contribution in [-0.4, -0.2) is 18.9 Å². The highest BCUT2D eigenvalue weighted by Crippen LogP contribution is 2.30. The van der Waals surface area contributed by atoms with Gasteiger partial charge in [0.25, 0.3) is 0 Å². The minimum Gasteiger partial charge on any atom is -0.495 e. The van der Waals surface area contributed by atoms with E-state index in [1.807, 2.05) is 0 Å². The van der Waals surface area contributed by atoms with Crippen LogP contribution in [0.1, 0.15) is 17.3 Å². The molecule has 82 valence electrons. The zero-order chi connectivity index (χ0) is 11.6. The summed E-state index contributed by atoms with van der Waals surface area (Å²) in [6.45, 7) is 1.47. The topological polar surface area (TPSA) is 52.3 Å². The van der Waals surface area contributed by atoms with Gasteiger partial charge in [-0.1, -0.05) is 11.6 Å². The standard InChI is InChI=1S/C10H11ClFNO2/c1-5(13)10(14)8-6(12)3-4-7(15-2)9(8)11/h3-5H,13H2,1-2H3. The van der Waals surface area contributed by atoms with E-state index in [-0.39, 0.29) is 16.3 Å². The van der Waals surface area contributed by atoms with E-state index in [1.165, 1.54) is 20.1 Å². The summed E-state index contributed by atoms with van der Waals surface area (Å²) >= 11 is 5.81. The number of hydrogen-bond acceptors (Lipinski definition) is 3. The van der Waals surface area contributed by atoms with Crippen molar-refractivity contribution in [3.8, 4) is 5.75 Å². The average molecular weight is 232 g/mol. The molecule has 0 aliphatic carbocycles. The van der Waals surface area contributed by atoms with Gasteiger partial charge >= 0.3 is 0 Å². The molecule has 5 heteroatoms. The number of methoxy groups -OCH3 is 1. The van der Waals surface area contributed by atoms with Gasteiger partial charge in [-0.15, -0.1) is 0 Å². The van der Waals surface area contributed by atoms with Crippen molar-refractivity contribution in [2.45, 2.75) is 13.0 Å². The van der Waals surface area contributed by atoms with Crippen LogP contribution in [0.25, 0.3) is 0 Å². The normalized spacial score (nSPS) is 12.3. The molecule has 0 spiro atoms. The second-order valence-corrected chi connectivity index (χ2v) is 3.47. The number of carbonyl (C=O) groups excluding carboxylic acids is 1. The van der Waals surface area contributed by atoms with Crippen LogP contribution in [0, 0.1) is 5.82 Å². The summed E-state index contributed by atoms with van der Waals surface area (Å²) in [4.78, 5) is 11.5. The number of carbonyl (C=O) groups is 1. The van der Waals surface area contributed by atoms with Gasteiger partial charge in [0.15, 0.2) is 5.78 Å². The summed E-state index contributed by atoms with van der Waals surface area (Å²) in [6, 6.07) is 1.68. The van der Waals surface area contributed by atoms with Gasteiger partial charge in [0.05, 0.1) is 23.7 Å². The third-order valence-corrected chi connectivity index (χ3v) is 2.31. The van der Waals surface area contributed by atoms with E-state index >= 15 is 0 Å². The van der Waals surface area contributed by atoms with Crippen LogP contribution in [0.3, 0.4) is 0 Å². The lowest BCUT2D eigenvalue weighted by molar-refractivity contribution is 0.0964. The molecule has 0 saturated heterocycles. The first-order chi connectivity index (χ1) is 6.99. The second kappa shape index (κ2) is 4.59. The summed E-state index contributed by atoms with van der Waals surface area (Å²) in [5.74, 6) is -0.985. The van der Waals surface area contributed by atoms with Gasteiger partial charge in [-0.05, 0) is 19.1 Å². The molecule has 1 aromatic carbocycles. The molecule has 1 atom stereocenters. The number of rotatable bonds is 3. The van der Waals surface area contributed by atoms with Crippen molar-refractivity contribution in [1.82, 2.24) is 0 Å². The Hall–Kier alpha value is -1.13. The van der Waals surface area contributed by atoms with E-state index in [4.69, 9.17) is 22.1 Å². The molecule has 0 amide bonds. The van der Waals surface area contributed by atoms with Crippen LogP contribution in [0.15, 0.2) is 12.1 Å². The van der Waals surface area contributed by atoms with E-state index in [1.54, 1.807) is 0 Å². The molecular formula is C10H11ClFNO2. The first-order valence-electron chi connectivity index (χ1n) is 4.30. The maximum absolute atomic E-state index is 13.4. The number of halogens is 2. The summed E-state index contributed by atoms with van der Waals surface area (Å²) < 4.78 is 18.2. The molecule has 2 N–H and O–H groups in total. The third kappa shape index (κ3) is 2.27. The Bertz CT molecular complexity index is 393. The van der Waals surface area contributed by atoms with Gasteiger partial charge in [-0.3, -0.25) is 4.79 Å². The molecule has 15 heavy (non-hydrogen) atoms. The van der Waals surface area contributed by atoms with Crippen molar-refractivity contribution < 1.29 is 13.9 Å². The fourth-order valence-corrected chi connectivity index (χ4v) is 1.47. The summed E-state index contributed by atoms with van der Waals surface area (Å²) in [5, 5.41) is -0.0419. The van der Waals surface area contributed by atoms with Crippen LogP contribution < -0.4 is 10.5 Å². The van der Waals surface area contributed by atoms with Gasteiger partial charge in [-0.25, -0.2) is 4.39 Å². The van der Waals surface area contributed by atoms with Gasteiger partial charge in [-0.2, -0.15) is 0 Å². The Morgan fingerprint density at radius 1 is 1.60 bits per heavy atom. The smallest absolute Gasteiger partial charge is 0.183 e. The third-order valence-electron chi connectivity index (χ3n) is 1.94. The number of ketones is 1. The molecule has 0 aromatic heterocycles. The fourth-order valence-electron chi connectivity index (χ4n) is 1.14. The summed E-state index contributed by atoms with van der Waals surface area (Å²) in [6.07, 6.45) is 0. The highest BCUT2D eigenvalue weighted by atomic mass is 35.5.